The fourth-order valence-electron chi connectivity index (χ4n) is 4.14. The Labute approximate surface area is 210 Å². The normalized spacial score (nSPS) is 16.3. The highest BCUT2D eigenvalue weighted by Crippen LogP contribution is 2.40. The van der Waals surface area contributed by atoms with E-state index in [0.717, 1.165) is 72.5 Å². The lowest BCUT2D eigenvalue weighted by atomic mass is 9.78. The first kappa shape index (κ1) is 28.3. The van der Waals surface area contributed by atoms with E-state index in [0.29, 0.717) is 12.2 Å². The van der Waals surface area contributed by atoms with Crippen molar-refractivity contribution < 1.29 is 19.4 Å². The van der Waals surface area contributed by atoms with Gasteiger partial charge in [-0.1, -0.05) is 60.8 Å². The number of carbonyl (C=O) groups is 2. The number of phenols is 1. The molecule has 1 heterocycles. The molecule has 0 bridgehead atoms. The van der Waals surface area contributed by atoms with Crippen molar-refractivity contribution in [2.45, 2.75) is 90.9 Å². The highest BCUT2D eigenvalue weighted by Gasteiger charge is 2.28. The molecule has 1 aliphatic rings. The molecule has 6 heteroatoms. The minimum atomic E-state index is -0.203. The first-order valence-electron chi connectivity index (χ1n) is 12.4. The van der Waals surface area contributed by atoms with E-state index in [9.17, 15) is 14.7 Å². The summed E-state index contributed by atoms with van der Waals surface area (Å²) in [5, 5.41) is 11.0. The van der Waals surface area contributed by atoms with E-state index in [-0.39, 0.29) is 22.7 Å². The third-order valence-electron chi connectivity index (χ3n) is 6.20. The third kappa shape index (κ3) is 8.07. The topological polar surface area (TPSA) is 66.8 Å². The summed E-state index contributed by atoms with van der Waals surface area (Å²) in [4.78, 5) is 27.1. The number of benzene rings is 1. The highest BCUT2D eigenvalue weighted by atomic mass is 32.2. The van der Waals surface area contributed by atoms with E-state index in [1.807, 2.05) is 23.1 Å². The molecule has 0 atom stereocenters. The van der Waals surface area contributed by atoms with Gasteiger partial charge in [0, 0.05) is 36.4 Å². The second-order valence-corrected chi connectivity index (χ2v) is 12.3. The minimum Gasteiger partial charge on any atom is -0.507 e. The number of nitrogens with zero attached hydrogens (tertiary/aromatic N) is 1. The number of hydrogen-bond donors (Lipinski definition) is 1. The van der Waals surface area contributed by atoms with Crippen LogP contribution in [0.2, 0.25) is 0 Å². The second-order valence-electron chi connectivity index (χ2n) is 11.2. The van der Waals surface area contributed by atoms with Crippen molar-refractivity contribution in [1.82, 2.24) is 4.90 Å². The first-order valence-corrected chi connectivity index (χ1v) is 13.4. The van der Waals surface area contributed by atoms with Gasteiger partial charge in [0.25, 0.3) is 5.91 Å². The predicted molar refractivity (Wildman–Crippen MR) is 142 cm³/mol. The Bertz CT molecular complexity index is 858. The van der Waals surface area contributed by atoms with Crippen LogP contribution < -0.4 is 0 Å². The fourth-order valence-corrected chi connectivity index (χ4v) is 5.14. The Balaban J connectivity index is 2.07. The molecule has 1 N–H and O–H groups in total. The number of esters is 1. The van der Waals surface area contributed by atoms with E-state index in [4.69, 9.17) is 0 Å². The molecule has 0 aliphatic carbocycles. The number of methoxy groups -OCH3 is 1. The first-order chi connectivity index (χ1) is 15.8. The lowest BCUT2D eigenvalue weighted by Crippen LogP contribution is -2.37. The zero-order valence-corrected chi connectivity index (χ0v) is 22.9. The van der Waals surface area contributed by atoms with Gasteiger partial charge in [0.2, 0.25) is 0 Å². The van der Waals surface area contributed by atoms with E-state index in [2.05, 4.69) is 46.3 Å². The lowest BCUT2D eigenvalue weighted by molar-refractivity contribution is -0.140. The molecule has 1 amide bonds. The van der Waals surface area contributed by atoms with Crippen LogP contribution >= 0.6 is 11.8 Å². The van der Waals surface area contributed by atoms with E-state index in [1.165, 1.54) is 7.11 Å². The van der Waals surface area contributed by atoms with Crippen LogP contribution in [0.4, 0.5) is 0 Å². The summed E-state index contributed by atoms with van der Waals surface area (Å²) in [7, 11) is 1.42. The molecule has 1 fully saturated rings. The van der Waals surface area contributed by atoms with E-state index < -0.39 is 0 Å². The maximum absolute atomic E-state index is 13.2. The summed E-state index contributed by atoms with van der Waals surface area (Å²) in [5.74, 6) is 1.21. The molecular weight excluding hydrogens is 446 g/mol. The number of aromatic hydroxyl groups is 1. The number of hydrogen-bond acceptors (Lipinski definition) is 5. The number of thioether (sulfide) groups is 1. The molecule has 1 saturated heterocycles. The van der Waals surface area contributed by atoms with Crippen LogP contribution in [0, 0.1) is 0 Å². The maximum atomic E-state index is 13.2. The van der Waals surface area contributed by atoms with Crippen molar-refractivity contribution in [3.05, 3.63) is 33.7 Å². The standard InChI is InChI=1S/C28H43NO4S/c1-27(2,3)21-17-20(18-22(25(21)31)28(4,5)6)19-23-26(32)29(15-16-34-23)14-12-10-8-9-11-13-24(30)33-7/h17-19,31H,8-16H2,1-7H3. The van der Waals surface area contributed by atoms with Crippen molar-refractivity contribution in [2.75, 3.05) is 26.0 Å². The van der Waals surface area contributed by atoms with Gasteiger partial charge in [-0.2, -0.15) is 0 Å². The summed E-state index contributed by atoms with van der Waals surface area (Å²) in [5.41, 5.74) is 2.38. The number of unbranched alkanes of at least 4 members (excludes halogenated alkanes) is 4. The van der Waals surface area contributed by atoms with Gasteiger partial charge >= 0.3 is 5.97 Å². The van der Waals surface area contributed by atoms with Crippen LogP contribution in [0.1, 0.15) is 96.8 Å². The van der Waals surface area contributed by atoms with Crippen molar-refractivity contribution in [2.24, 2.45) is 0 Å². The summed E-state index contributed by atoms with van der Waals surface area (Å²) in [6.07, 6.45) is 7.45. The second kappa shape index (κ2) is 12.1. The lowest BCUT2D eigenvalue weighted by Gasteiger charge is -2.29. The fraction of sp³-hybridized carbons (Fsp3) is 0.643. The SMILES string of the molecule is COC(=O)CCCCCCCN1CCSC(=Cc2cc(C(C)(C)C)c(O)c(C(C)(C)C)c2)C1=O. The quantitative estimate of drug-likeness (QED) is 0.246. The Morgan fingerprint density at radius 1 is 1.03 bits per heavy atom. The molecule has 0 radical (unpaired) electrons. The maximum Gasteiger partial charge on any atom is 0.305 e. The Morgan fingerprint density at radius 3 is 2.15 bits per heavy atom. The van der Waals surface area contributed by atoms with Gasteiger partial charge in [0.1, 0.15) is 5.75 Å². The number of rotatable bonds is 9. The van der Waals surface area contributed by atoms with Crippen molar-refractivity contribution in [3.63, 3.8) is 0 Å². The summed E-state index contributed by atoms with van der Waals surface area (Å²) < 4.78 is 4.67. The average Bonchev–Trinajstić information content (AvgIpc) is 2.74. The molecule has 5 nitrogen and oxygen atoms in total. The smallest absolute Gasteiger partial charge is 0.305 e. The third-order valence-corrected chi connectivity index (χ3v) is 7.19. The van der Waals surface area contributed by atoms with Gasteiger partial charge in [-0.25, -0.2) is 0 Å². The molecule has 0 saturated carbocycles. The van der Waals surface area contributed by atoms with Gasteiger partial charge in [-0.15, -0.1) is 11.8 Å². The molecule has 1 aromatic carbocycles. The van der Waals surface area contributed by atoms with E-state index >= 15 is 0 Å². The molecule has 34 heavy (non-hydrogen) atoms. The molecule has 1 aliphatic heterocycles. The summed E-state index contributed by atoms with van der Waals surface area (Å²) in [6, 6.07) is 4.05. The molecular formula is C28H43NO4S. The Hall–Kier alpha value is -1.95. The summed E-state index contributed by atoms with van der Waals surface area (Å²) >= 11 is 1.62. The van der Waals surface area contributed by atoms with Crippen LogP contribution in [0.3, 0.4) is 0 Å². The van der Waals surface area contributed by atoms with Crippen LogP contribution in [0.5, 0.6) is 5.75 Å². The highest BCUT2D eigenvalue weighted by molar-refractivity contribution is 8.04. The summed E-state index contributed by atoms with van der Waals surface area (Å²) in [6.45, 7) is 14.1. The van der Waals surface area contributed by atoms with Crippen LogP contribution in [-0.2, 0) is 25.2 Å². The molecule has 0 unspecified atom stereocenters. The Kier molecular flexibility index (Phi) is 10.1. The predicted octanol–water partition coefficient (Wildman–Crippen LogP) is 6.42. The number of phenolic OH excluding ortho intramolecular Hbond substituents is 1. The monoisotopic (exact) mass is 489 g/mol. The molecule has 190 valence electrons. The van der Waals surface area contributed by atoms with Crippen LogP contribution in [0.25, 0.3) is 6.08 Å². The minimum absolute atomic E-state index is 0.102. The van der Waals surface area contributed by atoms with Crippen molar-refractivity contribution in [1.29, 1.82) is 0 Å². The zero-order chi connectivity index (χ0) is 25.5. The largest absolute Gasteiger partial charge is 0.507 e. The van der Waals surface area contributed by atoms with E-state index in [1.54, 1.807) is 11.8 Å². The van der Waals surface area contributed by atoms with Crippen LogP contribution in [0.15, 0.2) is 17.0 Å². The number of ether oxygens (including phenoxy) is 1. The van der Waals surface area contributed by atoms with Gasteiger partial charge < -0.3 is 14.7 Å². The molecule has 2 rings (SSSR count). The van der Waals surface area contributed by atoms with Crippen molar-refractivity contribution in [3.8, 4) is 5.75 Å². The molecule has 0 aromatic heterocycles. The van der Waals surface area contributed by atoms with Gasteiger partial charge in [-0.05, 0) is 47.4 Å². The van der Waals surface area contributed by atoms with Crippen LogP contribution in [-0.4, -0.2) is 47.8 Å². The van der Waals surface area contributed by atoms with Crippen molar-refractivity contribution >= 4 is 29.7 Å². The average molecular weight is 490 g/mol. The van der Waals surface area contributed by atoms with Gasteiger partial charge in [0.05, 0.1) is 12.0 Å². The zero-order valence-electron chi connectivity index (χ0n) is 22.1. The number of amides is 1. The number of carbonyl (C=O) groups excluding carboxylic acids is 2. The Morgan fingerprint density at radius 2 is 1.59 bits per heavy atom. The van der Waals surface area contributed by atoms with Gasteiger partial charge in [-0.3, -0.25) is 9.59 Å². The van der Waals surface area contributed by atoms with Gasteiger partial charge in [0.15, 0.2) is 0 Å². The molecule has 1 aromatic rings. The molecule has 0 spiro atoms.